The van der Waals surface area contributed by atoms with Crippen LogP contribution in [0.5, 0.6) is 0 Å². The molecule has 0 bridgehead atoms. The Labute approximate surface area is 142 Å². The summed E-state index contributed by atoms with van der Waals surface area (Å²) in [4.78, 5) is 12.0. The molecule has 1 aliphatic heterocycles. The van der Waals surface area contributed by atoms with Crippen LogP contribution in [-0.2, 0) is 17.8 Å². The highest BCUT2D eigenvalue weighted by Gasteiger charge is 2.16. The zero-order valence-electron chi connectivity index (χ0n) is 14.2. The Balaban J connectivity index is 1.74. The quantitative estimate of drug-likeness (QED) is 0.800. The maximum absolute atomic E-state index is 12.0. The first-order valence-electron chi connectivity index (χ1n) is 8.75. The average Bonchev–Trinajstić information content (AvgIpc) is 2.84. The van der Waals surface area contributed by atoms with Crippen molar-refractivity contribution in [2.24, 2.45) is 0 Å². The van der Waals surface area contributed by atoms with Gasteiger partial charge in [-0.05, 0) is 45.0 Å². The lowest BCUT2D eigenvalue weighted by molar-refractivity contribution is -0.116. The Kier molecular flexibility index (Phi) is 5.59. The van der Waals surface area contributed by atoms with E-state index in [0.29, 0.717) is 6.42 Å². The van der Waals surface area contributed by atoms with Gasteiger partial charge in [0.1, 0.15) is 5.82 Å². The number of benzene rings is 1. The van der Waals surface area contributed by atoms with Crippen molar-refractivity contribution in [3.8, 4) is 11.4 Å². The molecule has 0 aliphatic carbocycles. The average molecular weight is 327 g/mol. The number of nitrogens with zero attached hydrogens (tertiary/aromatic N) is 3. The largest absolute Gasteiger partial charge is 0.326 e. The highest BCUT2D eigenvalue weighted by Crippen LogP contribution is 2.24. The van der Waals surface area contributed by atoms with E-state index in [0.717, 1.165) is 48.8 Å². The number of aromatic nitrogens is 3. The highest BCUT2D eigenvalue weighted by molar-refractivity contribution is 5.91. The third-order valence-electron chi connectivity index (χ3n) is 4.34. The van der Waals surface area contributed by atoms with Crippen LogP contribution in [0.25, 0.3) is 11.4 Å². The van der Waals surface area contributed by atoms with Crippen LogP contribution < -0.4 is 10.6 Å². The standard InChI is InChI=1S/C18H25N5O/c1-19-11-6-10-17(24)20-15-8-5-7-14(13-15)18-22-21-16-9-3-2-4-12-23(16)18/h5,7-8,13,19H,2-4,6,9-12H2,1H3,(H,20,24). The van der Waals surface area contributed by atoms with E-state index in [1.807, 2.05) is 31.3 Å². The minimum Gasteiger partial charge on any atom is -0.326 e. The minimum atomic E-state index is 0.0440. The molecule has 1 aromatic heterocycles. The Bertz CT molecular complexity index is 694. The van der Waals surface area contributed by atoms with Gasteiger partial charge in [-0.1, -0.05) is 18.6 Å². The van der Waals surface area contributed by atoms with Crippen LogP contribution in [0.1, 0.15) is 37.9 Å². The van der Waals surface area contributed by atoms with Crippen LogP contribution in [0.3, 0.4) is 0 Å². The molecule has 1 amide bonds. The number of hydrogen-bond donors (Lipinski definition) is 2. The van der Waals surface area contributed by atoms with Gasteiger partial charge in [-0.25, -0.2) is 0 Å². The van der Waals surface area contributed by atoms with Crippen molar-refractivity contribution in [1.29, 1.82) is 0 Å². The molecule has 6 nitrogen and oxygen atoms in total. The number of fused-ring (bicyclic) bond motifs is 1. The summed E-state index contributed by atoms with van der Waals surface area (Å²) < 4.78 is 2.22. The van der Waals surface area contributed by atoms with Gasteiger partial charge in [0.2, 0.25) is 5.91 Å². The van der Waals surface area contributed by atoms with Gasteiger partial charge in [-0.3, -0.25) is 4.79 Å². The van der Waals surface area contributed by atoms with Gasteiger partial charge in [0, 0.05) is 30.6 Å². The first-order valence-corrected chi connectivity index (χ1v) is 8.75. The summed E-state index contributed by atoms with van der Waals surface area (Å²) in [5, 5.41) is 14.8. The van der Waals surface area contributed by atoms with Gasteiger partial charge in [-0.15, -0.1) is 10.2 Å². The number of hydrogen-bond acceptors (Lipinski definition) is 4. The molecule has 0 fully saturated rings. The van der Waals surface area contributed by atoms with E-state index < -0.39 is 0 Å². The predicted molar refractivity (Wildman–Crippen MR) is 94.8 cm³/mol. The molecule has 3 rings (SSSR count). The zero-order valence-corrected chi connectivity index (χ0v) is 14.2. The molecule has 1 aromatic carbocycles. The van der Waals surface area contributed by atoms with Crippen LogP contribution >= 0.6 is 0 Å². The van der Waals surface area contributed by atoms with Crippen LogP contribution in [0, 0.1) is 0 Å². The molecule has 0 saturated heterocycles. The first-order chi connectivity index (χ1) is 11.8. The van der Waals surface area contributed by atoms with Crippen LogP contribution in [-0.4, -0.2) is 34.3 Å². The summed E-state index contributed by atoms with van der Waals surface area (Å²) in [6.45, 7) is 1.82. The Morgan fingerprint density at radius 3 is 3.04 bits per heavy atom. The Morgan fingerprint density at radius 2 is 2.17 bits per heavy atom. The third-order valence-corrected chi connectivity index (χ3v) is 4.34. The summed E-state index contributed by atoms with van der Waals surface area (Å²) in [7, 11) is 1.89. The van der Waals surface area contributed by atoms with Crippen LogP contribution in [0.2, 0.25) is 0 Å². The lowest BCUT2D eigenvalue weighted by Gasteiger charge is -2.09. The van der Waals surface area contributed by atoms with Crippen molar-refractivity contribution < 1.29 is 4.79 Å². The second-order valence-corrected chi connectivity index (χ2v) is 6.24. The van der Waals surface area contributed by atoms with Gasteiger partial charge in [0.25, 0.3) is 0 Å². The number of rotatable bonds is 6. The predicted octanol–water partition coefficient (Wildman–Crippen LogP) is 2.61. The van der Waals surface area contributed by atoms with E-state index in [2.05, 4.69) is 25.4 Å². The number of carbonyl (C=O) groups excluding carboxylic acids is 1. The van der Waals surface area contributed by atoms with Crippen molar-refractivity contribution in [1.82, 2.24) is 20.1 Å². The van der Waals surface area contributed by atoms with Crippen molar-refractivity contribution in [3.05, 3.63) is 30.1 Å². The van der Waals surface area contributed by atoms with Crippen molar-refractivity contribution in [2.75, 3.05) is 18.9 Å². The molecule has 24 heavy (non-hydrogen) atoms. The van der Waals surface area contributed by atoms with Crippen molar-refractivity contribution in [2.45, 2.75) is 45.1 Å². The number of anilines is 1. The second kappa shape index (κ2) is 8.06. The van der Waals surface area contributed by atoms with E-state index in [-0.39, 0.29) is 5.91 Å². The number of aryl methyl sites for hydroxylation is 1. The van der Waals surface area contributed by atoms with Crippen LogP contribution in [0.4, 0.5) is 5.69 Å². The summed E-state index contributed by atoms with van der Waals surface area (Å²) in [5.74, 6) is 2.02. The monoisotopic (exact) mass is 327 g/mol. The molecule has 2 aromatic rings. The van der Waals surface area contributed by atoms with E-state index in [1.165, 1.54) is 19.3 Å². The molecule has 2 heterocycles. The fourth-order valence-electron chi connectivity index (χ4n) is 3.08. The van der Waals surface area contributed by atoms with Crippen LogP contribution in [0.15, 0.2) is 24.3 Å². The summed E-state index contributed by atoms with van der Waals surface area (Å²) in [6.07, 6.45) is 5.94. The minimum absolute atomic E-state index is 0.0440. The zero-order chi connectivity index (χ0) is 16.8. The highest BCUT2D eigenvalue weighted by atomic mass is 16.1. The topological polar surface area (TPSA) is 71.8 Å². The van der Waals surface area contributed by atoms with E-state index >= 15 is 0 Å². The fraction of sp³-hybridized carbons (Fsp3) is 0.500. The molecule has 1 aliphatic rings. The molecule has 0 unspecified atom stereocenters. The molecule has 0 atom stereocenters. The summed E-state index contributed by atoms with van der Waals surface area (Å²) in [6, 6.07) is 7.88. The van der Waals surface area contributed by atoms with E-state index in [4.69, 9.17) is 0 Å². The molecule has 2 N–H and O–H groups in total. The fourth-order valence-corrected chi connectivity index (χ4v) is 3.08. The number of nitrogens with one attached hydrogen (secondary N) is 2. The van der Waals surface area contributed by atoms with Crippen molar-refractivity contribution in [3.63, 3.8) is 0 Å². The van der Waals surface area contributed by atoms with Gasteiger partial charge in [0.15, 0.2) is 5.82 Å². The maximum atomic E-state index is 12.0. The molecule has 128 valence electrons. The molecule has 6 heteroatoms. The number of carbonyl (C=O) groups is 1. The second-order valence-electron chi connectivity index (χ2n) is 6.24. The molecule has 0 radical (unpaired) electrons. The van der Waals surface area contributed by atoms with Gasteiger partial charge >= 0.3 is 0 Å². The lowest BCUT2D eigenvalue weighted by atomic mass is 10.1. The Morgan fingerprint density at radius 1 is 1.25 bits per heavy atom. The maximum Gasteiger partial charge on any atom is 0.224 e. The Hall–Kier alpha value is -2.21. The lowest BCUT2D eigenvalue weighted by Crippen LogP contribution is -2.15. The van der Waals surface area contributed by atoms with Crippen molar-refractivity contribution >= 4 is 11.6 Å². The number of amides is 1. The van der Waals surface area contributed by atoms with Gasteiger partial charge < -0.3 is 15.2 Å². The normalized spacial score (nSPS) is 14.0. The van der Waals surface area contributed by atoms with E-state index in [1.54, 1.807) is 0 Å². The molecular formula is C18H25N5O. The van der Waals surface area contributed by atoms with E-state index in [9.17, 15) is 4.79 Å². The molecule has 0 spiro atoms. The summed E-state index contributed by atoms with van der Waals surface area (Å²) in [5.41, 5.74) is 1.82. The molecule has 0 saturated carbocycles. The first kappa shape index (κ1) is 16.6. The smallest absolute Gasteiger partial charge is 0.224 e. The SMILES string of the molecule is CNCCCC(=O)Nc1cccc(-c2nnc3n2CCCCC3)c1. The molecular weight excluding hydrogens is 302 g/mol. The third kappa shape index (κ3) is 4.00. The van der Waals surface area contributed by atoms with Gasteiger partial charge in [-0.2, -0.15) is 0 Å². The van der Waals surface area contributed by atoms with Gasteiger partial charge in [0.05, 0.1) is 0 Å². The summed E-state index contributed by atoms with van der Waals surface area (Å²) >= 11 is 0.